The lowest BCUT2D eigenvalue weighted by Gasteiger charge is -2.19. The lowest BCUT2D eigenvalue weighted by Crippen LogP contribution is -2.40. The quantitative estimate of drug-likeness (QED) is 0.322. The summed E-state index contributed by atoms with van der Waals surface area (Å²) in [5.41, 5.74) is 5.40. The van der Waals surface area contributed by atoms with Gasteiger partial charge >= 0.3 is 6.18 Å². The first kappa shape index (κ1) is 15.9. The summed E-state index contributed by atoms with van der Waals surface area (Å²) in [4.78, 5) is 3.90. The second-order valence-electron chi connectivity index (χ2n) is 3.82. The van der Waals surface area contributed by atoms with Gasteiger partial charge in [-0.25, -0.2) is 4.98 Å². The molecule has 1 rings (SSSR count). The third-order valence-electron chi connectivity index (χ3n) is 2.41. The van der Waals surface area contributed by atoms with E-state index in [-0.39, 0.29) is 0 Å². The molecule has 1 heterocycles. The number of pyridine rings is 1. The molecular weight excluding hydrogens is 277 g/mol. The Balaban J connectivity index is 2.68. The molecule has 0 aliphatic heterocycles. The molecule has 0 aromatic carbocycles. The summed E-state index contributed by atoms with van der Waals surface area (Å²) in [6, 6.07) is 3.05. The Bertz CT molecular complexity index is 448. The summed E-state index contributed by atoms with van der Waals surface area (Å²) in [7, 11) is 0. The molecule has 1 aromatic rings. The standard InChI is InChI=1S/C11H15F3N4O2/c1-2-20-9-4-3-7(5-17-9)16-6-8(10(15)18-19)11(12,13)14/h3-5,8,16,19H,2,6H2,1H3,(H2,15,18). The van der Waals surface area contributed by atoms with Crippen molar-refractivity contribution in [1.29, 1.82) is 0 Å². The number of nitrogens with zero attached hydrogens (tertiary/aromatic N) is 2. The molecular formula is C11H15F3N4O2. The highest BCUT2D eigenvalue weighted by atomic mass is 19.4. The molecule has 0 aliphatic carbocycles. The molecule has 0 spiro atoms. The minimum absolute atomic E-state index is 0.369. The monoisotopic (exact) mass is 292 g/mol. The van der Waals surface area contributed by atoms with E-state index in [4.69, 9.17) is 15.7 Å². The molecule has 6 nitrogen and oxygen atoms in total. The third kappa shape index (κ3) is 4.48. The van der Waals surface area contributed by atoms with Gasteiger partial charge in [0.15, 0.2) is 5.84 Å². The van der Waals surface area contributed by atoms with Gasteiger partial charge in [0.2, 0.25) is 5.88 Å². The van der Waals surface area contributed by atoms with Crippen molar-refractivity contribution in [2.45, 2.75) is 13.1 Å². The van der Waals surface area contributed by atoms with Gasteiger partial charge in [0.05, 0.1) is 18.5 Å². The molecule has 4 N–H and O–H groups in total. The van der Waals surface area contributed by atoms with Crippen LogP contribution in [-0.2, 0) is 0 Å². The maximum absolute atomic E-state index is 12.7. The molecule has 0 saturated carbocycles. The number of ether oxygens (including phenoxy) is 1. The molecule has 1 atom stereocenters. The molecule has 112 valence electrons. The average Bonchev–Trinajstić information content (AvgIpc) is 2.39. The van der Waals surface area contributed by atoms with E-state index >= 15 is 0 Å². The molecule has 1 aromatic heterocycles. The number of nitrogens with one attached hydrogen (secondary N) is 1. The number of amidine groups is 1. The number of anilines is 1. The van der Waals surface area contributed by atoms with Gasteiger partial charge in [-0.15, -0.1) is 0 Å². The Morgan fingerprint density at radius 1 is 1.55 bits per heavy atom. The smallest absolute Gasteiger partial charge is 0.400 e. The number of alkyl halides is 3. The van der Waals surface area contributed by atoms with Crippen LogP contribution in [0.2, 0.25) is 0 Å². The Labute approximate surface area is 113 Å². The van der Waals surface area contributed by atoms with E-state index in [0.717, 1.165) is 0 Å². The van der Waals surface area contributed by atoms with E-state index in [1.54, 1.807) is 6.92 Å². The predicted octanol–water partition coefficient (Wildman–Crippen LogP) is 1.82. The van der Waals surface area contributed by atoms with Crippen LogP contribution < -0.4 is 15.8 Å². The van der Waals surface area contributed by atoms with Gasteiger partial charge in [0.1, 0.15) is 5.92 Å². The predicted molar refractivity (Wildman–Crippen MR) is 66.8 cm³/mol. The molecule has 1 unspecified atom stereocenters. The molecule has 0 amide bonds. The van der Waals surface area contributed by atoms with Gasteiger partial charge in [0.25, 0.3) is 0 Å². The summed E-state index contributed by atoms with van der Waals surface area (Å²) in [5, 5.41) is 13.3. The molecule has 0 saturated heterocycles. The molecule has 0 radical (unpaired) electrons. The van der Waals surface area contributed by atoms with Gasteiger partial charge in [-0.3, -0.25) is 0 Å². The molecule has 0 bridgehead atoms. The van der Waals surface area contributed by atoms with Crippen LogP contribution >= 0.6 is 0 Å². The zero-order valence-electron chi connectivity index (χ0n) is 10.7. The lowest BCUT2D eigenvalue weighted by atomic mass is 10.1. The minimum atomic E-state index is -4.61. The zero-order valence-corrected chi connectivity index (χ0v) is 10.7. The summed E-state index contributed by atoms with van der Waals surface area (Å²) in [5.74, 6) is -2.61. The van der Waals surface area contributed by atoms with Crippen molar-refractivity contribution < 1.29 is 23.1 Å². The fourth-order valence-corrected chi connectivity index (χ4v) is 1.40. The molecule has 0 fully saturated rings. The highest BCUT2D eigenvalue weighted by Crippen LogP contribution is 2.26. The van der Waals surface area contributed by atoms with E-state index < -0.39 is 24.5 Å². The van der Waals surface area contributed by atoms with Crippen molar-refractivity contribution in [2.24, 2.45) is 16.8 Å². The second-order valence-corrected chi connectivity index (χ2v) is 3.82. The van der Waals surface area contributed by atoms with E-state index in [1.165, 1.54) is 18.3 Å². The lowest BCUT2D eigenvalue weighted by molar-refractivity contribution is -0.152. The van der Waals surface area contributed by atoms with Crippen molar-refractivity contribution in [3.63, 3.8) is 0 Å². The van der Waals surface area contributed by atoms with Crippen LogP contribution in [0.25, 0.3) is 0 Å². The van der Waals surface area contributed by atoms with Crippen molar-refractivity contribution in [3.05, 3.63) is 18.3 Å². The number of aromatic nitrogens is 1. The van der Waals surface area contributed by atoms with Crippen LogP contribution in [0, 0.1) is 5.92 Å². The normalized spacial score (nSPS) is 13.9. The van der Waals surface area contributed by atoms with E-state index in [9.17, 15) is 13.2 Å². The van der Waals surface area contributed by atoms with Crippen LogP contribution in [0.3, 0.4) is 0 Å². The van der Waals surface area contributed by atoms with Crippen LogP contribution in [0.4, 0.5) is 18.9 Å². The highest BCUT2D eigenvalue weighted by Gasteiger charge is 2.42. The van der Waals surface area contributed by atoms with Crippen molar-refractivity contribution in [1.82, 2.24) is 4.98 Å². The second kappa shape index (κ2) is 6.83. The number of oxime groups is 1. The Morgan fingerprint density at radius 2 is 2.25 bits per heavy atom. The van der Waals surface area contributed by atoms with Crippen molar-refractivity contribution >= 4 is 11.5 Å². The summed E-state index contributed by atoms with van der Waals surface area (Å²) in [6.07, 6.45) is -3.27. The highest BCUT2D eigenvalue weighted by molar-refractivity contribution is 5.83. The molecule has 20 heavy (non-hydrogen) atoms. The van der Waals surface area contributed by atoms with Crippen molar-refractivity contribution in [3.8, 4) is 5.88 Å². The molecule has 9 heteroatoms. The summed E-state index contributed by atoms with van der Waals surface area (Å²) in [6.45, 7) is 1.67. The van der Waals surface area contributed by atoms with Crippen molar-refractivity contribution in [2.75, 3.05) is 18.5 Å². The Morgan fingerprint density at radius 3 is 2.70 bits per heavy atom. The average molecular weight is 292 g/mol. The number of hydrogen-bond donors (Lipinski definition) is 3. The van der Waals surface area contributed by atoms with Gasteiger partial charge in [-0.05, 0) is 13.0 Å². The zero-order chi connectivity index (χ0) is 15.2. The first-order valence-electron chi connectivity index (χ1n) is 5.75. The minimum Gasteiger partial charge on any atom is -0.478 e. The third-order valence-corrected chi connectivity index (χ3v) is 2.41. The first-order valence-corrected chi connectivity index (χ1v) is 5.75. The van der Waals surface area contributed by atoms with Gasteiger partial charge in [0, 0.05) is 12.6 Å². The number of rotatable bonds is 6. The maximum atomic E-state index is 12.7. The van der Waals surface area contributed by atoms with E-state index in [2.05, 4.69) is 15.5 Å². The largest absolute Gasteiger partial charge is 0.478 e. The van der Waals surface area contributed by atoms with Crippen LogP contribution in [0.1, 0.15) is 6.92 Å². The van der Waals surface area contributed by atoms with Gasteiger partial charge in [-0.2, -0.15) is 13.2 Å². The van der Waals surface area contributed by atoms with Crippen LogP contribution in [0.5, 0.6) is 5.88 Å². The van der Waals surface area contributed by atoms with Crippen LogP contribution in [0.15, 0.2) is 23.5 Å². The fourth-order valence-electron chi connectivity index (χ4n) is 1.40. The van der Waals surface area contributed by atoms with E-state index in [1.807, 2.05) is 0 Å². The van der Waals surface area contributed by atoms with Crippen LogP contribution in [-0.4, -0.2) is 35.4 Å². The van der Waals surface area contributed by atoms with E-state index in [0.29, 0.717) is 18.2 Å². The maximum Gasteiger partial charge on any atom is 0.400 e. The number of nitrogens with two attached hydrogens (primary N) is 1. The first-order chi connectivity index (χ1) is 9.38. The fraction of sp³-hybridized carbons (Fsp3) is 0.455. The number of halogens is 3. The topological polar surface area (TPSA) is 92.8 Å². The summed E-state index contributed by atoms with van der Waals surface area (Å²) < 4.78 is 43.1. The SMILES string of the molecule is CCOc1ccc(NCC(/C(N)=N/O)C(F)(F)F)cn1. The Hall–Kier alpha value is -2.19. The van der Waals surface area contributed by atoms with Gasteiger partial charge < -0.3 is 21.0 Å². The van der Waals surface area contributed by atoms with Gasteiger partial charge in [-0.1, -0.05) is 5.16 Å². The molecule has 0 aliphatic rings. The summed E-state index contributed by atoms with van der Waals surface area (Å²) >= 11 is 0. The number of hydrogen-bond acceptors (Lipinski definition) is 5. The Kier molecular flexibility index (Phi) is 5.42.